The van der Waals surface area contributed by atoms with Gasteiger partial charge in [0.2, 0.25) is 7.23 Å². The topological polar surface area (TPSA) is 37.3 Å². The van der Waals surface area contributed by atoms with Gasteiger partial charge in [0, 0.05) is 0 Å². The Balaban J connectivity index is 2.85. The van der Waals surface area contributed by atoms with Crippen LogP contribution in [0.5, 0.6) is 0 Å². The molecule has 0 saturated carbocycles. The molecule has 1 atom stereocenters. The predicted octanol–water partition coefficient (Wildman–Crippen LogP) is 0.731. The molecule has 0 aliphatic rings. The largest absolute Gasteiger partial charge is 0.339 e. The molecule has 0 spiro atoms. The van der Waals surface area contributed by atoms with Crippen molar-refractivity contribution >= 4 is 18.6 Å². The zero-order valence-corrected chi connectivity index (χ0v) is 4.58. The lowest BCUT2D eigenvalue weighted by Gasteiger charge is -1.74. The lowest BCUT2D eigenvalue weighted by atomic mass is 12.0. The van der Waals surface area contributed by atoms with E-state index < -0.39 is 7.23 Å². The van der Waals surface area contributed by atoms with Crippen LogP contribution in [0.1, 0.15) is 0 Å². The average Bonchev–Trinajstić information content (AvgIpc) is 1.38. The van der Waals surface area contributed by atoms with E-state index in [0.717, 1.165) is 11.4 Å². The molecule has 0 radical (unpaired) electrons. The van der Waals surface area contributed by atoms with Gasteiger partial charge in [-0.15, -0.1) is 0 Å². The van der Waals surface area contributed by atoms with Gasteiger partial charge in [0.15, 0.2) is 0 Å². The van der Waals surface area contributed by atoms with E-state index >= 15 is 0 Å². The highest BCUT2D eigenvalue weighted by Crippen LogP contribution is 2.28. The van der Waals surface area contributed by atoms with Crippen LogP contribution >= 0.6 is 18.6 Å². The molecule has 0 aromatic rings. The minimum Gasteiger partial charge on any atom is -0.339 e. The lowest BCUT2D eigenvalue weighted by Crippen LogP contribution is -1.36. The molecule has 4 heteroatoms. The van der Waals surface area contributed by atoms with Gasteiger partial charge in [0.05, 0.1) is 0 Å². The Bertz CT molecular complexity index is 44.9. The molecule has 0 saturated heterocycles. The Hall–Kier alpha value is 0.540. The summed E-state index contributed by atoms with van der Waals surface area (Å²) in [6, 6.07) is 0. The zero-order chi connectivity index (χ0) is 4.28. The summed E-state index contributed by atoms with van der Waals surface area (Å²) in [6.07, 6.45) is 1.60. The first-order chi connectivity index (χ1) is 2.27. The summed E-state index contributed by atoms with van der Waals surface area (Å²) >= 11 is 0.981. The van der Waals surface area contributed by atoms with Crippen molar-refractivity contribution in [1.29, 1.82) is 0 Å². The Morgan fingerprint density at radius 2 is 2.20 bits per heavy atom. The summed E-state index contributed by atoms with van der Waals surface area (Å²) in [7, 11) is -2.21. The SMILES string of the molecule is CS[PH](=O)O. The van der Waals surface area contributed by atoms with Crippen molar-refractivity contribution in [1.82, 2.24) is 0 Å². The predicted molar refractivity (Wildman–Crippen MR) is 24.7 cm³/mol. The first kappa shape index (κ1) is 5.54. The fourth-order valence-corrected chi connectivity index (χ4v) is 0. The molecule has 0 aromatic heterocycles. The molecule has 1 unspecified atom stereocenters. The van der Waals surface area contributed by atoms with Crippen LogP contribution in [-0.2, 0) is 4.57 Å². The molecule has 2 nitrogen and oxygen atoms in total. The normalized spacial score (nSPS) is 14.8. The molecular weight excluding hydrogens is 107 g/mol. The van der Waals surface area contributed by atoms with Crippen LogP contribution in [0.3, 0.4) is 0 Å². The summed E-state index contributed by atoms with van der Waals surface area (Å²) in [6.45, 7) is 0. The van der Waals surface area contributed by atoms with Gasteiger partial charge >= 0.3 is 0 Å². The van der Waals surface area contributed by atoms with E-state index in [9.17, 15) is 4.57 Å². The quantitative estimate of drug-likeness (QED) is 0.508. The highest BCUT2D eigenvalue weighted by molar-refractivity contribution is 8.49. The van der Waals surface area contributed by atoms with Crippen molar-refractivity contribution in [2.45, 2.75) is 0 Å². The Kier molecular flexibility index (Phi) is 3.06. The highest BCUT2D eigenvalue weighted by Gasteiger charge is 1.76. The highest BCUT2D eigenvalue weighted by atomic mass is 32.7. The van der Waals surface area contributed by atoms with Gasteiger partial charge in [-0.1, -0.05) is 11.4 Å². The molecular formula is CH5O2PS. The molecule has 0 aliphatic carbocycles. The van der Waals surface area contributed by atoms with Crippen molar-refractivity contribution in [3.63, 3.8) is 0 Å². The van der Waals surface area contributed by atoms with Crippen LogP contribution in [0.4, 0.5) is 0 Å². The van der Waals surface area contributed by atoms with Gasteiger partial charge in [0.1, 0.15) is 0 Å². The summed E-state index contributed by atoms with van der Waals surface area (Å²) in [4.78, 5) is 7.87. The Labute approximate surface area is 35.2 Å². The maximum Gasteiger partial charge on any atom is 0.243 e. The smallest absolute Gasteiger partial charge is 0.243 e. The van der Waals surface area contributed by atoms with Crippen LogP contribution in [0, 0.1) is 0 Å². The second kappa shape index (κ2) is 2.76. The number of rotatable bonds is 1. The first-order valence-corrected chi connectivity index (χ1v) is 4.35. The maximum absolute atomic E-state index is 9.52. The molecule has 0 fully saturated rings. The van der Waals surface area contributed by atoms with Crippen molar-refractivity contribution in [2.75, 3.05) is 6.26 Å². The van der Waals surface area contributed by atoms with Crippen molar-refractivity contribution in [3.05, 3.63) is 0 Å². The van der Waals surface area contributed by atoms with E-state index in [4.69, 9.17) is 4.89 Å². The molecule has 0 amide bonds. The van der Waals surface area contributed by atoms with Crippen molar-refractivity contribution in [3.8, 4) is 0 Å². The van der Waals surface area contributed by atoms with Crippen LogP contribution < -0.4 is 0 Å². The molecule has 0 aromatic carbocycles. The molecule has 0 heterocycles. The Morgan fingerprint density at radius 1 is 2.00 bits per heavy atom. The molecule has 1 N–H and O–H groups in total. The summed E-state index contributed by atoms with van der Waals surface area (Å²) < 4.78 is 9.52. The third-order valence-electron chi connectivity index (χ3n) is 0.175. The van der Waals surface area contributed by atoms with Crippen LogP contribution in [0.2, 0.25) is 0 Å². The first-order valence-electron chi connectivity index (χ1n) is 1.04. The molecule has 0 bridgehead atoms. The third kappa shape index (κ3) is 4.54. The lowest BCUT2D eigenvalue weighted by molar-refractivity contribution is 0.519. The van der Waals surface area contributed by atoms with Gasteiger partial charge < -0.3 is 4.89 Å². The van der Waals surface area contributed by atoms with E-state index in [2.05, 4.69) is 0 Å². The van der Waals surface area contributed by atoms with Gasteiger partial charge in [-0.05, 0) is 6.26 Å². The molecule has 32 valence electrons. The standard InChI is InChI=1S/CH5O2PS/c1-5-4(2)3/h4H,1H3,(H,2,3). The summed E-state index contributed by atoms with van der Waals surface area (Å²) in [5.41, 5.74) is 0. The fraction of sp³-hybridized carbons (Fsp3) is 1.00. The second-order valence-electron chi connectivity index (χ2n) is 0.470. The van der Waals surface area contributed by atoms with Gasteiger partial charge in [-0.25, -0.2) is 0 Å². The Morgan fingerprint density at radius 3 is 2.20 bits per heavy atom. The van der Waals surface area contributed by atoms with E-state index in [0.29, 0.717) is 0 Å². The number of hydrogen-bond donors (Lipinski definition) is 1. The van der Waals surface area contributed by atoms with Crippen LogP contribution in [0.15, 0.2) is 0 Å². The third-order valence-corrected chi connectivity index (χ3v) is 1.57. The van der Waals surface area contributed by atoms with Crippen LogP contribution in [0.25, 0.3) is 0 Å². The van der Waals surface area contributed by atoms with Gasteiger partial charge in [-0.3, -0.25) is 4.57 Å². The second-order valence-corrected chi connectivity index (χ2v) is 3.68. The van der Waals surface area contributed by atoms with E-state index in [1.807, 2.05) is 0 Å². The fourth-order valence-electron chi connectivity index (χ4n) is 0. The minimum atomic E-state index is -2.21. The van der Waals surface area contributed by atoms with Crippen LogP contribution in [-0.4, -0.2) is 11.1 Å². The molecule has 0 aliphatic heterocycles. The average molecular weight is 112 g/mol. The molecule has 0 rings (SSSR count). The summed E-state index contributed by atoms with van der Waals surface area (Å²) in [5.74, 6) is 0. The van der Waals surface area contributed by atoms with Gasteiger partial charge in [0.25, 0.3) is 0 Å². The maximum atomic E-state index is 9.52. The summed E-state index contributed by atoms with van der Waals surface area (Å²) in [5, 5.41) is 0. The van der Waals surface area contributed by atoms with E-state index in [1.54, 1.807) is 6.26 Å². The molecule has 5 heavy (non-hydrogen) atoms. The zero-order valence-electron chi connectivity index (χ0n) is 2.76. The number of hydrogen-bond acceptors (Lipinski definition) is 2. The van der Waals surface area contributed by atoms with E-state index in [-0.39, 0.29) is 0 Å². The van der Waals surface area contributed by atoms with E-state index in [1.165, 1.54) is 0 Å². The van der Waals surface area contributed by atoms with Crippen molar-refractivity contribution in [2.24, 2.45) is 0 Å². The minimum absolute atomic E-state index is 0.981. The van der Waals surface area contributed by atoms with Crippen molar-refractivity contribution < 1.29 is 9.46 Å². The monoisotopic (exact) mass is 112 g/mol. The van der Waals surface area contributed by atoms with Gasteiger partial charge in [-0.2, -0.15) is 0 Å².